The summed E-state index contributed by atoms with van der Waals surface area (Å²) in [6.45, 7) is 3.89. The largest absolute Gasteiger partial charge is 0.493 e. The summed E-state index contributed by atoms with van der Waals surface area (Å²) in [5.41, 5.74) is 11.9. The number of nitrogen functional groups attached to an aromatic ring is 1. The van der Waals surface area contributed by atoms with Crippen molar-refractivity contribution in [2.24, 2.45) is 0 Å². The number of aromatic carboxylic acids is 1. The number of rotatable bonds is 6. The highest BCUT2D eigenvalue weighted by Crippen LogP contribution is 2.44. The van der Waals surface area contributed by atoms with Crippen molar-refractivity contribution in [3.05, 3.63) is 87.1 Å². The lowest BCUT2D eigenvalue weighted by Crippen LogP contribution is -2.03. The average Bonchev–Trinajstić information content (AvgIpc) is 3.13. The minimum Gasteiger partial charge on any atom is -0.493 e. The Hall–Kier alpha value is -5.08. The van der Waals surface area contributed by atoms with Crippen LogP contribution in [0.5, 0.6) is 11.5 Å². The van der Waals surface area contributed by atoms with Crippen molar-refractivity contribution in [1.29, 1.82) is 10.5 Å². The second-order valence-corrected chi connectivity index (χ2v) is 8.20. The Morgan fingerprint density at radius 2 is 1.83 bits per heavy atom. The fourth-order valence-corrected chi connectivity index (χ4v) is 4.16. The van der Waals surface area contributed by atoms with Gasteiger partial charge < -0.3 is 20.3 Å². The van der Waals surface area contributed by atoms with Crippen molar-refractivity contribution in [2.45, 2.75) is 20.5 Å². The zero-order valence-electron chi connectivity index (χ0n) is 19.9. The third kappa shape index (κ3) is 4.24. The summed E-state index contributed by atoms with van der Waals surface area (Å²) in [6, 6.07) is 16.2. The van der Waals surface area contributed by atoms with Gasteiger partial charge in [0.1, 0.15) is 24.6 Å². The van der Waals surface area contributed by atoms with E-state index in [-0.39, 0.29) is 18.0 Å². The van der Waals surface area contributed by atoms with Gasteiger partial charge in [-0.15, -0.1) is 0 Å². The fraction of sp³-hybridized carbons (Fsp3) is 0.143. The molecule has 0 atom stereocenters. The molecule has 0 saturated carbocycles. The predicted octanol–water partition coefficient (Wildman–Crippen LogP) is 4.98. The van der Waals surface area contributed by atoms with Crippen LogP contribution in [0.1, 0.15) is 50.8 Å². The number of nitrogens with zero attached hydrogens (tertiary/aromatic N) is 3. The number of fused-ring (bicyclic) bond motifs is 1. The van der Waals surface area contributed by atoms with Gasteiger partial charge in [0.05, 0.1) is 29.5 Å². The number of carboxylic acid groups (broad SMARTS) is 1. The molecule has 2 aromatic carbocycles. The Bertz CT molecular complexity index is 1540. The highest BCUT2D eigenvalue weighted by atomic mass is 16.5. The Kier molecular flexibility index (Phi) is 6.45. The number of benzene rings is 2. The van der Waals surface area contributed by atoms with Gasteiger partial charge in [0, 0.05) is 5.56 Å². The van der Waals surface area contributed by atoms with Crippen LogP contribution in [0.4, 0.5) is 5.82 Å². The first-order valence-electron chi connectivity index (χ1n) is 11.0. The number of pyridine rings is 1. The number of carboxylic acids is 1. The van der Waals surface area contributed by atoms with Crippen LogP contribution < -0.4 is 15.2 Å². The van der Waals surface area contributed by atoms with E-state index >= 15 is 0 Å². The molecule has 178 valence electrons. The summed E-state index contributed by atoms with van der Waals surface area (Å²) in [5, 5.41) is 28.3. The van der Waals surface area contributed by atoms with Gasteiger partial charge in [-0.3, -0.25) is 0 Å². The van der Waals surface area contributed by atoms with Crippen LogP contribution >= 0.6 is 0 Å². The number of nitriles is 2. The van der Waals surface area contributed by atoms with Crippen LogP contribution in [-0.4, -0.2) is 23.2 Å². The molecule has 1 aliphatic carbocycles. The molecule has 0 fully saturated rings. The van der Waals surface area contributed by atoms with Crippen LogP contribution in [0.15, 0.2) is 48.0 Å². The van der Waals surface area contributed by atoms with Gasteiger partial charge in [0.15, 0.2) is 11.5 Å². The first-order valence-corrected chi connectivity index (χ1v) is 11.0. The summed E-state index contributed by atoms with van der Waals surface area (Å²) in [4.78, 5) is 15.4. The average molecular weight is 479 g/mol. The zero-order valence-corrected chi connectivity index (χ0v) is 19.9. The van der Waals surface area contributed by atoms with Crippen molar-refractivity contribution < 1.29 is 19.4 Å². The van der Waals surface area contributed by atoms with Crippen molar-refractivity contribution in [3.63, 3.8) is 0 Å². The molecule has 1 heterocycles. The molecule has 3 N–H and O–H groups in total. The van der Waals surface area contributed by atoms with E-state index < -0.39 is 5.97 Å². The van der Waals surface area contributed by atoms with E-state index in [0.717, 1.165) is 27.8 Å². The van der Waals surface area contributed by atoms with E-state index in [4.69, 9.17) is 20.3 Å². The lowest BCUT2D eigenvalue weighted by molar-refractivity contribution is 0.0697. The van der Waals surface area contributed by atoms with Crippen LogP contribution in [0.25, 0.3) is 17.2 Å². The topological polar surface area (TPSA) is 142 Å². The molecular formula is C28H22N4O4. The smallest absolute Gasteiger partial charge is 0.335 e. The Balaban J connectivity index is 1.67. The maximum absolute atomic E-state index is 11.0. The number of carbonyl (C=O) groups is 1. The molecule has 3 aromatic rings. The molecule has 8 heteroatoms. The minimum absolute atomic E-state index is 0.108. The second-order valence-electron chi connectivity index (χ2n) is 8.20. The zero-order chi connectivity index (χ0) is 26.0. The third-order valence-corrected chi connectivity index (χ3v) is 6.08. The first-order chi connectivity index (χ1) is 17.3. The van der Waals surface area contributed by atoms with Crippen LogP contribution in [0.3, 0.4) is 0 Å². The van der Waals surface area contributed by atoms with Gasteiger partial charge in [0.25, 0.3) is 0 Å². The Morgan fingerprint density at radius 1 is 1.11 bits per heavy atom. The van der Waals surface area contributed by atoms with Crippen molar-refractivity contribution >= 4 is 29.0 Å². The number of allylic oxidation sites excluding steroid dienone is 3. The lowest BCUT2D eigenvalue weighted by atomic mass is 9.95. The summed E-state index contributed by atoms with van der Waals surface area (Å²) < 4.78 is 11.4. The molecular weight excluding hydrogens is 456 g/mol. The van der Waals surface area contributed by atoms with Gasteiger partial charge in [-0.05, 0) is 72.0 Å². The number of hydrogen-bond acceptors (Lipinski definition) is 7. The predicted molar refractivity (Wildman–Crippen MR) is 135 cm³/mol. The summed E-state index contributed by atoms with van der Waals surface area (Å²) in [6.07, 6.45) is 1.92. The number of nitrogens with two attached hydrogens (primary N) is 1. The standard InChI is InChI=1S/C28H22N4O4/c1-15-20(25-16(2)22(13-30)27(31)32-26(25)21(15)12-29)10-18-6-9-23(24(11-18)35-3)36-14-17-4-7-19(8-5-17)28(33)34/h4-11H,14H2,1-3H3,(H2,31,32)(H,33,34). The van der Waals surface area contributed by atoms with Crippen molar-refractivity contribution in [1.82, 2.24) is 4.98 Å². The SMILES string of the molecule is COc1cc(C=C2C(C)=C(C#N)c3nc(N)c(C#N)c(C)c32)ccc1OCc1ccc(C(=O)O)cc1. The van der Waals surface area contributed by atoms with Gasteiger partial charge in [-0.1, -0.05) is 18.2 Å². The highest BCUT2D eigenvalue weighted by Gasteiger charge is 2.29. The molecule has 0 spiro atoms. The number of hydrogen-bond donors (Lipinski definition) is 2. The van der Waals surface area contributed by atoms with E-state index in [1.54, 1.807) is 32.2 Å². The summed E-state index contributed by atoms with van der Waals surface area (Å²) in [7, 11) is 1.54. The minimum atomic E-state index is -0.982. The molecule has 0 bridgehead atoms. The summed E-state index contributed by atoms with van der Waals surface area (Å²) in [5.74, 6) is 0.160. The number of aromatic nitrogens is 1. The number of ether oxygens (including phenoxy) is 2. The summed E-state index contributed by atoms with van der Waals surface area (Å²) >= 11 is 0. The van der Waals surface area contributed by atoms with Gasteiger partial charge >= 0.3 is 5.97 Å². The molecule has 4 rings (SSSR count). The normalized spacial score (nSPS) is 13.2. The Morgan fingerprint density at radius 3 is 2.44 bits per heavy atom. The van der Waals surface area contributed by atoms with E-state index in [1.165, 1.54) is 12.1 Å². The van der Waals surface area contributed by atoms with Crippen LogP contribution in [-0.2, 0) is 6.61 Å². The Labute approximate surface area is 208 Å². The molecule has 8 nitrogen and oxygen atoms in total. The maximum atomic E-state index is 11.0. The van der Waals surface area contributed by atoms with Gasteiger partial charge in [0.2, 0.25) is 0 Å². The van der Waals surface area contributed by atoms with Gasteiger partial charge in [-0.2, -0.15) is 10.5 Å². The molecule has 0 saturated heterocycles. The molecule has 0 aliphatic heterocycles. The van der Waals surface area contributed by atoms with E-state index in [1.807, 2.05) is 25.1 Å². The lowest BCUT2D eigenvalue weighted by Gasteiger charge is -2.13. The molecule has 0 unspecified atom stereocenters. The van der Waals surface area contributed by atoms with Gasteiger partial charge in [-0.25, -0.2) is 9.78 Å². The van der Waals surface area contributed by atoms with Crippen molar-refractivity contribution in [2.75, 3.05) is 12.8 Å². The monoisotopic (exact) mass is 478 g/mol. The van der Waals surface area contributed by atoms with E-state index in [9.17, 15) is 15.3 Å². The van der Waals surface area contributed by atoms with E-state index in [2.05, 4.69) is 17.1 Å². The fourth-order valence-electron chi connectivity index (χ4n) is 4.16. The van der Waals surface area contributed by atoms with Crippen molar-refractivity contribution in [3.8, 4) is 23.6 Å². The third-order valence-electron chi connectivity index (χ3n) is 6.08. The van der Waals surface area contributed by atoms with Crippen LogP contribution in [0, 0.1) is 29.6 Å². The molecule has 0 radical (unpaired) electrons. The quantitative estimate of drug-likeness (QED) is 0.505. The molecule has 1 aliphatic rings. The molecule has 36 heavy (non-hydrogen) atoms. The maximum Gasteiger partial charge on any atom is 0.335 e. The number of anilines is 1. The number of methoxy groups -OCH3 is 1. The van der Waals surface area contributed by atoms with Crippen LogP contribution in [0.2, 0.25) is 0 Å². The van der Waals surface area contributed by atoms with E-state index in [0.29, 0.717) is 33.9 Å². The molecule has 0 amide bonds. The second kappa shape index (κ2) is 9.65. The first kappa shape index (κ1) is 24.1. The highest BCUT2D eigenvalue weighted by molar-refractivity contribution is 6.08. The molecule has 1 aromatic heterocycles.